The van der Waals surface area contributed by atoms with E-state index in [9.17, 15) is 4.79 Å². The molecule has 1 aliphatic rings. The van der Waals surface area contributed by atoms with Gasteiger partial charge in [-0.1, -0.05) is 19.3 Å². The summed E-state index contributed by atoms with van der Waals surface area (Å²) in [6, 6.07) is 1.98. The summed E-state index contributed by atoms with van der Waals surface area (Å²) in [6.45, 7) is 0. The first-order valence-electron chi connectivity index (χ1n) is 6.03. The third-order valence-electron chi connectivity index (χ3n) is 3.16. The van der Waals surface area contributed by atoms with Gasteiger partial charge < -0.3 is 10.7 Å². The Bertz CT molecular complexity index is 388. The largest absolute Gasteiger partial charge is 0.349 e. The minimum Gasteiger partial charge on any atom is -0.349 e. The minimum atomic E-state index is -0.0991. The Morgan fingerprint density at radius 3 is 2.82 bits per heavy atom. The maximum atomic E-state index is 12.0. The number of aromatic nitrogens is 1. The van der Waals surface area contributed by atoms with Gasteiger partial charge in [0, 0.05) is 18.4 Å². The molecule has 2 rings (SSSR count). The van der Waals surface area contributed by atoms with Crippen LogP contribution in [0.1, 0.15) is 42.5 Å². The van der Waals surface area contributed by atoms with E-state index in [0.717, 1.165) is 12.8 Å². The van der Waals surface area contributed by atoms with Crippen molar-refractivity contribution >= 4 is 11.6 Å². The Hall–Kier alpha value is -1.62. The van der Waals surface area contributed by atoms with Crippen LogP contribution in [0.2, 0.25) is 0 Å². The molecule has 17 heavy (non-hydrogen) atoms. The summed E-state index contributed by atoms with van der Waals surface area (Å²) in [7, 11) is 0. The van der Waals surface area contributed by atoms with Gasteiger partial charge in [-0.15, -0.1) is 0 Å². The number of hydrogen-bond donors (Lipinski definition) is 3. The highest BCUT2D eigenvalue weighted by molar-refractivity contribution is 5.99. The molecule has 5 nitrogen and oxygen atoms in total. The molecule has 0 bridgehead atoms. The lowest BCUT2D eigenvalue weighted by Crippen LogP contribution is -2.36. The molecule has 0 saturated heterocycles. The SMILES string of the molecule is NNc1ccncc1C(=O)NC1CCCCC1. The third kappa shape index (κ3) is 2.94. The van der Waals surface area contributed by atoms with E-state index in [1.54, 1.807) is 12.3 Å². The number of rotatable bonds is 3. The zero-order valence-electron chi connectivity index (χ0n) is 9.78. The van der Waals surface area contributed by atoms with E-state index in [1.807, 2.05) is 0 Å². The Balaban J connectivity index is 2.03. The lowest BCUT2D eigenvalue weighted by molar-refractivity contribution is 0.0928. The van der Waals surface area contributed by atoms with Gasteiger partial charge in [0.15, 0.2) is 0 Å². The molecular formula is C12H18N4O. The van der Waals surface area contributed by atoms with Crippen molar-refractivity contribution < 1.29 is 4.79 Å². The summed E-state index contributed by atoms with van der Waals surface area (Å²) >= 11 is 0. The van der Waals surface area contributed by atoms with Crippen LogP contribution in [0.4, 0.5) is 5.69 Å². The van der Waals surface area contributed by atoms with E-state index in [0.29, 0.717) is 17.3 Å². The number of amides is 1. The van der Waals surface area contributed by atoms with E-state index >= 15 is 0 Å². The molecule has 1 aromatic heterocycles. The molecule has 1 aliphatic carbocycles. The number of nitrogens with one attached hydrogen (secondary N) is 2. The Morgan fingerprint density at radius 2 is 2.12 bits per heavy atom. The minimum absolute atomic E-state index is 0.0991. The van der Waals surface area contributed by atoms with E-state index in [4.69, 9.17) is 5.84 Å². The van der Waals surface area contributed by atoms with Crippen molar-refractivity contribution in [3.8, 4) is 0 Å². The number of nitrogens with two attached hydrogens (primary N) is 1. The summed E-state index contributed by atoms with van der Waals surface area (Å²) in [5.74, 6) is 5.26. The highest BCUT2D eigenvalue weighted by Crippen LogP contribution is 2.19. The number of nitrogens with zero attached hydrogens (tertiary/aromatic N) is 1. The highest BCUT2D eigenvalue weighted by atomic mass is 16.1. The number of anilines is 1. The lowest BCUT2D eigenvalue weighted by Gasteiger charge is -2.23. The van der Waals surface area contributed by atoms with E-state index in [1.165, 1.54) is 25.5 Å². The maximum absolute atomic E-state index is 12.0. The molecule has 1 aromatic rings. The molecule has 4 N–H and O–H groups in total. The van der Waals surface area contributed by atoms with Crippen LogP contribution in [0, 0.1) is 0 Å². The van der Waals surface area contributed by atoms with Crippen LogP contribution < -0.4 is 16.6 Å². The molecule has 0 atom stereocenters. The van der Waals surface area contributed by atoms with Crippen LogP contribution in [0.15, 0.2) is 18.5 Å². The van der Waals surface area contributed by atoms with Gasteiger partial charge in [-0.2, -0.15) is 0 Å². The normalized spacial score (nSPS) is 16.5. The lowest BCUT2D eigenvalue weighted by atomic mass is 9.95. The molecule has 1 amide bonds. The second kappa shape index (κ2) is 5.63. The average molecular weight is 234 g/mol. The van der Waals surface area contributed by atoms with Gasteiger partial charge in [-0.05, 0) is 18.9 Å². The molecular weight excluding hydrogens is 216 g/mol. The number of hydrogen-bond acceptors (Lipinski definition) is 4. The molecule has 0 radical (unpaired) electrons. The Morgan fingerprint density at radius 1 is 1.35 bits per heavy atom. The second-order valence-corrected chi connectivity index (χ2v) is 4.37. The molecule has 92 valence electrons. The predicted octanol–water partition coefficient (Wildman–Crippen LogP) is 1.43. The third-order valence-corrected chi connectivity index (χ3v) is 3.16. The molecule has 1 fully saturated rings. The first-order valence-corrected chi connectivity index (χ1v) is 6.03. The Labute approximate surface area is 101 Å². The van der Waals surface area contributed by atoms with Gasteiger partial charge in [0.25, 0.3) is 5.91 Å². The van der Waals surface area contributed by atoms with Crippen molar-refractivity contribution in [3.05, 3.63) is 24.0 Å². The van der Waals surface area contributed by atoms with Crippen molar-refractivity contribution in [2.45, 2.75) is 38.1 Å². The number of nitrogen functional groups attached to an aromatic ring is 1. The van der Waals surface area contributed by atoms with Gasteiger partial charge in [0.1, 0.15) is 0 Å². The average Bonchev–Trinajstić information content (AvgIpc) is 2.40. The van der Waals surface area contributed by atoms with E-state index in [-0.39, 0.29) is 5.91 Å². The molecule has 1 heterocycles. The summed E-state index contributed by atoms with van der Waals surface area (Å²) in [5, 5.41) is 3.04. The first kappa shape index (κ1) is 11.9. The Kier molecular flexibility index (Phi) is 3.93. The van der Waals surface area contributed by atoms with Crippen molar-refractivity contribution in [1.29, 1.82) is 0 Å². The van der Waals surface area contributed by atoms with Gasteiger partial charge in [0.2, 0.25) is 0 Å². The van der Waals surface area contributed by atoms with Crippen LogP contribution in [0.5, 0.6) is 0 Å². The number of carbonyl (C=O) groups excluding carboxylic acids is 1. The maximum Gasteiger partial charge on any atom is 0.255 e. The predicted molar refractivity (Wildman–Crippen MR) is 66.4 cm³/mol. The smallest absolute Gasteiger partial charge is 0.255 e. The molecule has 0 aliphatic heterocycles. The van der Waals surface area contributed by atoms with Crippen LogP contribution in [-0.4, -0.2) is 16.9 Å². The zero-order valence-corrected chi connectivity index (χ0v) is 9.78. The fourth-order valence-electron chi connectivity index (χ4n) is 2.21. The monoisotopic (exact) mass is 234 g/mol. The van der Waals surface area contributed by atoms with E-state index in [2.05, 4.69) is 15.7 Å². The summed E-state index contributed by atoms with van der Waals surface area (Å²) in [5.41, 5.74) is 3.62. The van der Waals surface area contributed by atoms with Crippen molar-refractivity contribution in [2.75, 3.05) is 5.43 Å². The number of hydrazine groups is 1. The summed E-state index contributed by atoms with van der Waals surface area (Å²) < 4.78 is 0. The van der Waals surface area contributed by atoms with Crippen LogP contribution >= 0.6 is 0 Å². The molecule has 0 spiro atoms. The number of carbonyl (C=O) groups is 1. The summed E-state index contributed by atoms with van der Waals surface area (Å²) in [6.07, 6.45) is 8.93. The van der Waals surface area contributed by atoms with Gasteiger partial charge >= 0.3 is 0 Å². The fraction of sp³-hybridized carbons (Fsp3) is 0.500. The zero-order chi connectivity index (χ0) is 12.1. The van der Waals surface area contributed by atoms with Gasteiger partial charge in [-0.3, -0.25) is 15.6 Å². The molecule has 0 unspecified atom stereocenters. The fourth-order valence-corrected chi connectivity index (χ4v) is 2.21. The standard InChI is InChI=1S/C12H18N4O/c13-16-11-6-7-14-8-10(11)12(17)15-9-4-2-1-3-5-9/h6-9H,1-5,13H2,(H,14,16)(H,15,17). The van der Waals surface area contributed by atoms with Crippen molar-refractivity contribution in [2.24, 2.45) is 5.84 Å². The van der Waals surface area contributed by atoms with Crippen LogP contribution in [0.25, 0.3) is 0 Å². The van der Waals surface area contributed by atoms with Crippen molar-refractivity contribution in [1.82, 2.24) is 10.3 Å². The van der Waals surface area contributed by atoms with Gasteiger partial charge in [0.05, 0.1) is 11.3 Å². The summed E-state index contributed by atoms with van der Waals surface area (Å²) in [4.78, 5) is 16.0. The second-order valence-electron chi connectivity index (χ2n) is 4.37. The highest BCUT2D eigenvalue weighted by Gasteiger charge is 2.18. The van der Waals surface area contributed by atoms with Crippen LogP contribution in [-0.2, 0) is 0 Å². The van der Waals surface area contributed by atoms with Gasteiger partial charge in [-0.25, -0.2) is 0 Å². The van der Waals surface area contributed by atoms with Crippen LogP contribution in [0.3, 0.4) is 0 Å². The topological polar surface area (TPSA) is 80.0 Å². The number of pyridine rings is 1. The van der Waals surface area contributed by atoms with Crippen molar-refractivity contribution in [3.63, 3.8) is 0 Å². The molecule has 1 saturated carbocycles. The van der Waals surface area contributed by atoms with E-state index < -0.39 is 0 Å². The molecule has 5 heteroatoms. The first-order chi connectivity index (χ1) is 8.31. The molecule has 0 aromatic carbocycles. The quantitative estimate of drug-likeness (QED) is 0.546.